The Morgan fingerprint density at radius 2 is 1.12 bits per heavy atom. The van der Waals surface area contributed by atoms with E-state index in [4.69, 9.17) is 4.42 Å². The van der Waals surface area contributed by atoms with Crippen LogP contribution in [0.5, 0.6) is 0 Å². The van der Waals surface area contributed by atoms with Crippen molar-refractivity contribution in [3.8, 4) is 22.3 Å². The van der Waals surface area contributed by atoms with E-state index in [2.05, 4.69) is 157 Å². The molecule has 10 rings (SSSR count). The van der Waals surface area contributed by atoms with Gasteiger partial charge < -0.3 is 9.32 Å². The van der Waals surface area contributed by atoms with E-state index < -0.39 is 0 Å². The molecule has 2 fully saturated rings. The molecule has 0 spiro atoms. The Kier molecular flexibility index (Phi) is 6.52. The summed E-state index contributed by atoms with van der Waals surface area (Å²) in [5, 5.41) is 4.82. The van der Waals surface area contributed by atoms with Crippen molar-refractivity contribution in [1.29, 1.82) is 0 Å². The highest BCUT2D eigenvalue weighted by Gasteiger charge is 2.45. The molecule has 0 amide bonds. The Labute approximate surface area is 287 Å². The number of benzene rings is 7. The number of nitrogens with zero attached hydrogens (tertiary/aromatic N) is 1. The maximum absolute atomic E-state index is 6.22. The summed E-state index contributed by atoms with van der Waals surface area (Å²) < 4.78 is 6.22. The average Bonchev–Trinajstić information content (AvgIpc) is 3.90. The quantitative estimate of drug-likeness (QED) is 0.182. The molecule has 0 radical (unpaired) electrons. The normalized spacial score (nSPS) is 18.5. The third-order valence-electron chi connectivity index (χ3n) is 11.5. The Morgan fingerprint density at radius 1 is 0.510 bits per heavy atom. The minimum Gasteiger partial charge on any atom is -0.456 e. The lowest BCUT2D eigenvalue weighted by atomic mass is 9.78. The summed E-state index contributed by atoms with van der Waals surface area (Å²) in [5.74, 6) is 0.928. The van der Waals surface area contributed by atoms with Crippen molar-refractivity contribution in [3.05, 3.63) is 163 Å². The van der Waals surface area contributed by atoms with Gasteiger partial charge in [-0.1, -0.05) is 109 Å². The molecular weight excluding hydrogens is 595 g/mol. The highest BCUT2D eigenvalue weighted by Crippen LogP contribution is 2.55. The standard InChI is InChI=1S/C47H37NO/c1-2-8-33(9-3-1)40-13-6-10-35-11-7-14-41(46(35)40)34-16-20-37(21-17-34)48(38-22-18-36(19-23-38)47-28-26-32(31-47)27-29-47)39-24-25-45-43(30-39)42-12-4-5-15-44(42)49-45/h1-25,30,32H,26-29,31H2. The third-order valence-corrected chi connectivity index (χ3v) is 11.5. The molecule has 0 saturated heterocycles. The number of anilines is 3. The van der Waals surface area contributed by atoms with Gasteiger partial charge in [-0.25, -0.2) is 0 Å². The Morgan fingerprint density at radius 3 is 1.82 bits per heavy atom. The van der Waals surface area contributed by atoms with Crippen LogP contribution in [0, 0.1) is 5.92 Å². The zero-order valence-electron chi connectivity index (χ0n) is 27.5. The van der Waals surface area contributed by atoms with Crippen LogP contribution in [0.25, 0.3) is 55.0 Å². The molecule has 236 valence electrons. The van der Waals surface area contributed by atoms with Crippen LogP contribution in [-0.4, -0.2) is 0 Å². The van der Waals surface area contributed by atoms with Crippen molar-refractivity contribution in [2.24, 2.45) is 5.92 Å². The van der Waals surface area contributed by atoms with E-state index in [1.807, 2.05) is 6.07 Å². The first-order chi connectivity index (χ1) is 24.2. The number of hydrogen-bond donors (Lipinski definition) is 0. The van der Waals surface area contributed by atoms with Crippen LogP contribution < -0.4 is 4.90 Å². The lowest BCUT2D eigenvalue weighted by Gasteiger charge is -2.29. The van der Waals surface area contributed by atoms with Crippen LogP contribution in [0.2, 0.25) is 0 Å². The van der Waals surface area contributed by atoms with E-state index in [1.165, 1.54) is 76.4 Å². The van der Waals surface area contributed by atoms with Gasteiger partial charge in [0.1, 0.15) is 11.2 Å². The van der Waals surface area contributed by atoms with Crippen molar-refractivity contribution >= 4 is 49.8 Å². The van der Waals surface area contributed by atoms with E-state index in [9.17, 15) is 0 Å². The lowest BCUT2D eigenvalue weighted by molar-refractivity contribution is 0.419. The fraction of sp³-hybridized carbons (Fsp3) is 0.149. The van der Waals surface area contributed by atoms with Gasteiger partial charge in [-0.15, -0.1) is 0 Å². The van der Waals surface area contributed by atoms with E-state index >= 15 is 0 Å². The summed E-state index contributed by atoms with van der Waals surface area (Å²) in [7, 11) is 0. The molecule has 0 aliphatic heterocycles. The van der Waals surface area contributed by atoms with Crippen LogP contribution in [0.15, 0.2) is 162 Å². The first kappa shape index (κ1) is 28.4. The summed E-state index contributed by atoms with van der Waals surface area (Å²) in [5.41, 5.74) is 12.1. The van der Waals surface area contributed by atoms with E-state index in [1.54, 1.807) is 0 Å². The fourth-order valence-electron chi connectivity index (χ4n) is 9.09. The molecule has 0 atom stereocenters. The van der Waals surface area contributed by atoms with Gasteiger partial charge in [0.15, 0.2) is 0 Å². The molecule has 0 unspecified atom stereocenters. The Hall–Kier alpha value is -5.60. The average molecular weight is 632 g/mol. The molecule has 49 heavy (non-hydrogen) atoms. The summed E-state index contributed by atoms with van der Waals surface area (Å²) in [6, 6.07) is 57.6. The smallest absolute Gasteiger partial charge is 0.135 e. The largest absolute Gasteiger partial charge is 0.456 e. The van der Waals surface area contributed by atoms with E-state index in [0.29, 0.717) is 5.41 Å². The Bertz CT molecular complexity index is 2460. The first-order valence-corrected chi connectivity index (χ1v) is 17.7. The van der Waals surface area contributed by atoms with Crippen molar-refractivity contribution in [2.45, 2.75) is 37.5 Å². The molecule has 1 aromatic heterocycles. The second-order valence-electron chi connectivity index (χ2n) is 14.2. The molecule has 7 aromatic carbocycles. The van der Waals surface area contributed by atoms with Gasteiger partial charge in [0, 0.05) is 27.8 Å². The van der Waals surface area contributed by atoms with Gasteiger partial charge in [0.2, 0.25) is 0 Å². The molecular formula is C47H37NO. The summed E-state index contributed by atoms with van der Waals surface area (Å²) in [6.07, 6.45) is 6.83. The highest BCUT2D eigenvalue weighted by atomic mass is 16.3. The predicted molar refractivity (Wildman–Crippen MR) is 205 cm³/mol. The third kappa shape index (κ3) is 4.70. The summed E-state index contributed by atoms with van der Waals surface area (Å²) in [4.78, 5) is 2.40. The number of rotatable bonds is 6. The van der Waals surface area contributed by atoms with E-state index in [0.717, 1.165) is 39.2 Å². The maximum atomic E-state index is 6.22. The van der Waals surface area contributed by atoms with E-state index in [-0.39, 0.29) is 0 Å². The molecule has 2 bridgehead atoms. The van der Waals surface area contributed by atoms with Gasteiger partial charge in [-0.05, 0) is 131 Å². The molecule has 2 saturated carbocycles. The topological polar surface area (TPSA) is 16.4 Å². The van der Waals surface area contributed by atoms with Gasteiger partial charge in [0.25, 0.3) is 0 Å². The molecule has 2 aliphatic rings. The summed E-state index contributed by atoms with van der Waals surface area (Å²) >= 11 is 0. The minimum atomic E-state index is 0.390. The second kappa shape index (κ2) is 11.2. The molecule has 0 N–H and O–H groups in total. The Balaban J connectivity index is 1.09. The zero-order chi connectivity index (χ0) is 32.4. The first-order valence-electron chi connectivity index (χ1n) is 17.7. The van der Waals surface area contributed by atoms with Gasteiger partial charge in [-0.3, -0.25) is 0 Å². The van der Waals surface area contributed by atoms with Gasteiger partial charge in [-0.2, -0.15) is 0 Å². The van der Waals surface area contributed by atoms with Crippen LogP contribution in [0.4, 0.5) is 17.1 Å². The number of fused-ring (bicyclic) bond motifs is 6. The van der Waals surface area contributed by atoms with Crippen molar-refractivity contribution < 1.29 is 4.42 Å². The SMILES string of the molecule is c1ccc(-c2cccc3cccc(-c4ccc(N(c5ccc(C67CCC(CC6)C7)cc5)c5ccc6oc7ccccc7c6c5)cc4)c23)cc1. The van der Waals surface area contributed by atoms with Crippen molar-refractivity contribution in [3.63, 3.8) is 0 Å². The molecule has 1 heterocycles. The second-order valence-corrected chi connectivity index (χ2v) is 14.2. The monoisotopic (exact) mass is 631 g/mol. The number of para-hydroxylation sites is 1. The minimum absolute atomic E-state index is 0.390. The van der Waals surface area contributed by atoms with Crippen LogP contribution in [0.3, 0.4) is 0 Å². The number of hydrogen-bond acceptors (Lipinski definition) is 2. The van der Waals surface area contributed by atoms with Crippen molar-refractivity contribution in [2.75, 3.05) is 4.90 Å². The fourth-order valence-corrected chi connectivity index (χ4v) is 9.09. The van der Waals surface area contributed by atoms with Crippen molar-refractivity contribution in [1.82, 2.24) is 0 Å². The maximum Gasteiger partial charge on any atom is 0.135 e. The molecule has 2 heteroatoms. The van der Waals surface area contributed by atoms with Crippen LogP contribution in [-0.2, 0) is 5.41 Å². The predicted octanol–water partition coefficient (Wildman–Crippen LogP) is 13.4. The summed E-state index contributed by atoms with van der Waals surface area (Å²) in [6.45, 7) is 0. The van der Waals surface area contributed by atoms with Gasteiger partial charge >= 0.3 is 0 Å². The van der Waals surface area contributed by atoms with Gasteiger partial charge in [0.05, 0.1) is 0 Å². The molecule has 2 aliphatic carbocycles. The zero-order valence-corrected chi connectivity index (χ0v) is 27.5. The molecule has 8 aromatic rings. The van der Waals surface area contributed by atoms with Crippen LogP contribution >= 0.6 is 0 Å². The lowest BCUT2D eigenvalue weighted by Crippen LogP contribution is -2.19. The highest BCUT2D eigenvalue weighted by molar-refractivity contribution is 6.07. The number of furan rings is 1. The molecule has 2 nitrogen and oxygen atoms in total. The van der Waals surface area contributed by atoms with Crippen LogP contribution in [0.1, 0.15) is 37.7 Å².